The predicted molar refractivity (Wildman–Crippen MR) is 169 cm³/mol. The zero-order valence-corrected chi connectivity index (χ0v) is 24.0. The number of fused-ring (bicyclic) bond motifs is 1. The van der Waals surface area contributed by atoms with E-state index in [0.717, 1.165) is 23.0 Å². The van der Waals surface area contributed by atoms with Crippen molar-refractivity contribution in [2.45, 2.75) is 25.8 Å². The molecule has 6 heteroatoms. The van der Waals surface area contributed by atoms with Gasteiger partial charge in [0.2, 0.25) is 0 Å². The van der Waals surface area contributed by atoms with Crippen molar-refractivity contribution in [3.8, 4) is 0 Å². The molecule has 0 aliphatic heterocycles. The molecular formula is C36H37N3O3. The summed E-state index contributed by atoms with van der Waals surface area (Å²) in [5.74, 6) is -0.0786. The van der Waals surface area contributed by atoms with E-state index >= 15 is 0 Å². The molecule has 0 fully saturated rings. The van der Waals surface area contributed by atoms with Crippen molar-refractivity contribution in [2.24, 2.45) is 0 Å². The molecule has 6 nitrogen and oxygen atoms in total. The summed E-state index contributed by atoms with van der Waals surface area (Å²) in [7, 11) is 0. The summed E-state index contributed by atoms with van der Waals surface area (Å²) in [5, 5.41) is 4.56. The largest absolute Gasteiger partial charge is 0.465 e. The zero-order valence-electron chi connectivity index (χ0n) is 24.0. The molecule has 214 valence electrons. The second kappa shape index (κ2) is 14.2. The van der Waals surface area contributed by atoms with E-state index in [-0.39, 0.29) is 24.3 Å². The fourth-order valence-corrected chi connectivity index (χ4v) is 5.45. The highest BCUT2D eigenvalue weighted by Gasteiger charge is 2.20. The standard InChI is InChI=1S/C36H37N3O3/c1-2-42-35(40)27-39-26-33(32-20-12-13-21-34(32)39)37-23-25-38(36(41)30-18-10-5-11-19-30)24-22-31(28-14-6-3-7-15-28)29-16-8-4-9-17-29/h3-21,26,31,37H,2,22-25,27H2,1H3. The van der Waals surface area contributed by atoms with Gasteiger partial charge in [0.25, 0.3) is 5.91 Å². The van der Waals surface area contributed by atoms with Crippen molar-refractivity contribution in [1.82, 2.24) is 9.47 Å². The number of aromatic nitrogens is 1. The van der Waals surface area contributed by atoms with Crippen LogP contribution < -0.4 is 5.32 Å². The van der Waals surface area contributed by atoms with Gasteiger partial charge < -0.3 is 19.5 Å². The summed E-state index contributed by atoms with van der Waals surface area (Å²) in [5.41, 5.74) is 5.04. The lowest BCUT2D eigenvalue weighted by Gasteiger charge is -2.26. The highest BCUT2D eigenvalue weighted by Crippen LogP contribution is 2.29. The summed E-state index contributed by atoms with van der Waals surface area (Å²) in [6.07, 6.45) is 2.75. The lowest BCUT2D eigenvalue weighted by molar-refractivity contribution is -0.143. The van der Waals surface area contributed by atoms with E-state index in [1.165, 1.54) is 11.1 Å². The van der Waals surface area contributed by atoms with Crippen LogP contribution in [0.1, 0.15) is 40.7 Å². The fourth-order valence-electron chi connectivity index (χ4n) is 5.45. The molecule has 0 saturated heterocycles. The number of carbonyl (C=O) groups excluding carboxylic acids is 2. The quantitative estimate of drug-likeness (QED) is 0.158. The normalized spacial score (nSPS) is 11.0. The van der Waals surface area contributed by atoms with Crippen LogP contribution >= 0.6 is 0 Å². The number of carbonyl (C=O) groups is 2. The second-order valence-electron chi connectivity index (χ2n) is 10.2. The third kappa shape index (κ3) is 7.07. The maximum Gasteiger partial charge on any atom is 0.325 e. The van der Waals surface area contributed by atoms with E-state index in [9.17, 15) is 9.59 Å². The first kappa shape index (κ1) is 28.7. The van der Waals surface area contributed by atoms with Crippen molar-refractivity contribution >= 4 is 28.5 Å². The number of esters is 1. The van der Waals surface area contributed by atoms with Crippen LogP contribution in [-0.2, 0) is 16.1 Å². The van der Waals surface area contributed by atoms with E-state index in [4.69, 9.17) is 4.74 Å². The first-order chi connectivity index (χ1) is 20.6. The van der Waals surface area contributed by atoms with Crippen LogP contribution in [-0.4, -0.2) is 47.6 Å². The Morgan fingerprint density at radius 1 is 0.786 bits per heavy atom. The van der Waals surface area contributed by atoms with Gasteiger partial charge in [-0.05, 0) is 42.7 Å². The minimum Gasteiger partial charge on any atom is -0.465 e. The summed E-state index contributed by atoms with van der Waals surface area (Å²) in [6, 6.07) is 38.5. The van der Waals surface area contributed by atoms with Crippen LogP contribution in [0.2, 0.25) is 0 Å². The maximum absolute atomic E-state index is 13.7. The van der Waals surface area contributed by atoms with Gasteiger partial charge in [-0.2, -0.15) is 0 Å². The number of benzene rings is 4. The lowest BCUT2D eigenvalue weighted by atomic mass is 9.88. The van der Waals surface area contributed by atoms with Gasteiger partial charge >= 0.3 is 5.97 Å². The number of rotatable bonds is 13. The van der Waals surface area contributed by atoms with Crippen LogP contribution in [0.4, 0.5) is 5.69 Å². The van der Waals surface area contributed by atoms with Gasteiger partial charge in [0.1, 0.15) is 6.54 Å². The van der Waals surface area contributed by atoms with E-state index < -0.39 is 0 Å². The Morgan fingerprint density at radius 3 is 2.02 bits per heavy atom. The van der Waals surface area contributed by atoms with Crippen molar-refractivity contribution in [3.63, 3.8) is 0 Å². The van der Waals surface area contributed by atoms with Crippen LogP contribution in [0.15, 0.2) is 121 Å². The lowest BCUT2D eigenvalue weighted by Crippen LogP contribution is -2.36. The van der Waals surface area contributed by atoms with Crippen LogP contribution in [0.3, 0.4) is 0 Å². The number of para-hydroxylation sites is 1. The minimum absolute atomic E-state index is 0.0158. The van der Waals surface area contributed by atoms with Crippen molar-refractivity contribution in [2.75, 3.05) is 31.6 Å². The molecule has 5 rings (SSSR count). The first-order valence-corrected chi connectivity index (χ1v) is 14.6. The molecule has 42 heavy (non-hydrogen) atoms. The number of hydrogen-bond acceptors (Lipinski definition) is 4. The fraction of sp³-hybridized carbons (Fsp3) is 0.222. The molecule has 5 aromatic rings. The highest BCUT2D eigenvalue weighted by molar-refractivity contribution is 5.95. The minimum atomic E-state index is -0.268. The van der Waals surface area contributed by atoms with Gasteiger partial charge in [-0.15, -0.1) is 0 Å². The van der Waals surface area contributed by atoms with Gasteiger partial charge in [-0.1, -0.05) is 97.1 Å². The molecule has 0 bridgehead atoms. The smallest absolute Gasteiger partial charge is 0.325 e. The van der Waals surface area contributed by atoms with E-state index in [1.54, 1.807) is 0 Å². The average molecular weight is 560 g/mol. The monoisotopic (exact) mass is 559 g/mol. The molecule has 1 N–H and O–H groups in total. The molecule has 1 heterocycles. The van der Waals surface area contributed by atoms with Crippen molar-refractivity contribution < 1.29 is 14.3 Å². The number of nitrogens with zero attached hydrogens (tertiary/aromatic N) is 2. The third-order valence-electron chi connectivity index (χ3n) is 7.49. The molecule has 0 radical (unpaired) electrons. The first-order valence-electron chi connectivity index (χ1n) is 14.6. The number of anilines is 1. The van der Waals surface area contributed by atoms with Crippen molar-refractivity contribution in [1.29, 1.82) is 0 Å². The molecule has 0 spiro atoms. The van der Waals surface area contributed by atoms with E-state index in [0.29, 0.717) is 31.8 Å². The second-order valence-corrected chi connectivity index (χ2v) is 10.2. The number of ether oxygens (including phenoxy) is 1. The summed E-state index contributed by atoms with van der Waals surface area (Å²) < 4.78 is 7.08. The molecule has 0 aliphatic carbocycles. The number of hydrogen-bond donors (Lipinski definition) is 1. The van der Waals surface area contributed by atoms with Gasteiger partial charge in [0, 0.05) is 42.7 Å². The van der Waals surface area contributed by atoms with Crippen LogP contribution in [0.25, 0.3) is 10.9 Å². The molecule has 0 atom stereocenters. The SMILES string of the molecule is CCOC(=O)Cn1cc(NCCN(CCC(c2ccccc2)c2ccccc2)C(=O)c2ccccc2)c2ccccc21. The van der Waals surface area contributed by atoms with Crippen LogP contribution in [0, 0.1) is 0 Å². The Bertz CT molecular complexity index is 1540. The molecular weight excluding hydrogens is 522 g/mol. The van der Waals surface area contributed by atoms with Gasteiger partial charge in [-0.3, -0.25) is 9.59 Å². The van der Waals surface area contributed by atoms with Gasteiger partial charge in [0.05, 0.1) is 17.8 Å². The Hall–Kier alpha value is -4.84. The summed E-state index contributed by atoms with van der Waals surface area (Å²) in [4.78, 5) is 27.9. The molecule has 1 aromatic heterocycles. The van der Waals surface area contributed by atoms with Crippen LogP contribution in [0.5, 0.6) is 0 Å². The maximum atomic E-state index is 13.7. The number of amides is 1. The predicted octanol–water partition coefficient (Wildman–Crippen LogP) is 6.98. The zero-order chi connectivity index (χ0) is 29.1. The average Bonchev–Trinajstić information content (AvgIpc) is 3.38. The molecule has 1 amide bonds. The number of nitrogens with one attached hydrogen (secondary N) is 1. The van der Waals surface area contributed by atoms with Gasteiger partial charge in [-0.25, -0.2) is 0 Å². The molecule has 4 aromatic carbocycles. The van der Waals surface area contributed by atoms with E-state index in [2.05, 4.69) is 53.8 Å². The van der Waals surface area contributed by atoms with Gasteiger partial charge in [0.15, 0.2) is 0 Å². The Labute approximate surface area is 247 Å². The summed E-state index contributed by atoms with van der Waals surface area (Å²) >= 11 is 0. The third-order valence-corrected chi connectivity index (χ3v) is 7.49. The molecule has 0 aliphatic rings. The topological polar surface area (TPSA) is 63.6 Å². The van der Waals surface area contributed by atoms with Crippen molar-refractivity contribution in [3.05, 3.63) is 138 Å². The highest BCUT2D eigenvalue weighted by atomic mass is 16.5. The Morgan fingerprint density at radius 2 is 1.38 bits per heavy atom. The summed E-state index contributed by atoms with van der Waals surface area (Å²) in [6.45, 7) is 4.01. The molecule has 0 saturated carbocycles. The van der Waals surface area contributed by atoms with E-state index in [1.807, 2.05) is 89.3 Å². The Balaban J connectivity index is 1.34. The molecule has 0 unspecified atom stereocenters. The Kier molecular flexibility index (Phi) is 9.68.